The number of pyridine rings is 1. The van der Waals surface area contributed by atoms with E-state index >= 15 is 0 Å². The van der Waals surface area contributed by atoms with Gasteiger partial charge in [0.1, 0.15) is 0 Å². The molecule has 0 aliphatic carbocycles. The fourth-order valence-electron chi connectivity index (χ4n) is 2.01. The van der Waals surface area contributed by atoms with Crippen LogP contribution in [0.2, 0.25) is 0 Å². The molecule has 0 saturated heterocycles. The molecule has 2 N–H and O–H groups in total. The van der Waals surface area contributed by atoms with E-state index in [0.717, 1.165) is 0 Å². The Bertz CT molecular complexity index is 604. The van der Waals surface area contributed by atoms with Gasteiger partial charge in [-0.2, -0.15) is 5.10 Å². The molecule has 96 valence electrons. The van der Waals surface area contributed by atoms with Crippen LogP contribution in [0.25, 0.3) is 11.0 Å². The number of fused-ring (bicyclic) bond motifs is 1. The Labute approximate surface area is 104 Å². The molecule has 2 aromatic rings. The van der Waals surface area contributed by atoms with Crippen molar-refractivity contribution in [3.05, 3.63) is 23.0 Å². The van der Waals surface area contributed by atoms with Crippen LogP contribution in [0, 0.1) is 6.92 Å². The molecule has 6 nitrogen and oxygen atoms in total. The lowest BCUT2D eigenvalue weighted by Gasteiger charge is -2.04. The highest BCUT2D eigenvalue weighted by atomic mass is 16.4. The van der Waals surface area contributed by atoms with Gasteiger partial charge in [0.05, 0.1) is 29.8 Å². The molecular formula is C12H15N3O3. The second kappa shape index (κ2) is 4.73. The van der Waals surface area contributed by atoms with Gasteiger partial charge in [-0.25, -0.2) is 14.5 Å². The number of aryl methyl sites for hydroxylation is 2. The number of aromatic carboxylic acids is 1. The number of aliphatic hydroxyl groups excluding tert-OH is 1. The minimum atomic E-state index is -0.983. The normalized spacial score (nSPS) is 11.1. The van der Waals surface area contributed by atoms with Gasteiger partial charge >= 0.3 is 5.97 Å². The number of carboxylic acid groups (broad SMARTS) is 1. The number of carboxylic acids is 1. The Kier molecular flexibility index (Phi) is 3.29. The molecule has 0 unspecified atom stereocenters. The van der Waals surface area contributed by atoms with Crippen LogP contribution in [0.1, 0.15) is 28.7 Å². The van der Waals surface area contributed by atoms with E-state index in [9.17, 15) is 9.90 Å². The average Bonchev–Trinajstić information content (AvgIpc) is 2.66. The molecule has 0 spiro atoms. The highest BCUT2D eigenvalue weighted by Crippen LogP contribution is 2.22. The molecule has 0 saturated carbocycles. The molecule has 0 atom stereocenters. The van der Waals surface area contributed by atoms with Crippen molar-refractivity contribution < 1.29 is 15.0 Å². The summed E-state index contributed by atoms with van der Waals surface area (Å²) in [6.45, 7) is 3.91. The van der Waals surface area contributed by atoms with E-state index in [1.165, 1.54) is 0 Å². The molecule has 0 fully saturated rings. The number of hydrogen-bond acceptors (Lipinski definition) is 4. The second-order valence-electron chi connectivity index (χ2n) is 4.05. The third-order valence-corrected chi connectivity index (χ3v) is 2.83. The van der Waals surface area contributed by atoms with Crippen molar-refractivity contribution in [2.45, 2.75) is 26.8 Å². The lowest BCUT2D eigenvalue weighted by Crippen LogP contribution is -2.07. The van der Waals surface area contributed by atoms with E-state index in [0.29, 0.717) is 35.4 Å². The van der Waals surface area contributed by atoms with Gasteiger partial charge in [-0.3, -0.25) is 0 Å². The topological polar surface area (TPSA) is 88.2 Å². The van der Waals surface area contributed by atoms with Crippen LogP contribution < -0.4 is 0 Å². The van der Waals surface area contributed by atoms with Crippen LogP contribution >= 0.6 is 0 Å². The van der Waals surface area contributed by atoms with Gasteiger partial charge in [-0.05, 0) is 19.4 Å². The van der Waals surface area contributed by atoms with Gasteiger partial charge in [-0.15, -0.1) is 0 Å². The minimum absolute atomic E-state index is 0.0589. The highest BCUT2D eigenvalue weighted by molar-refractivity contribution is 6.02. The van der Waals surface area contributed by atoms with Gasteiger partial charge in [0.15, 0.2) is 5.65 Å². The van der Waals surface area contributed by atoms with Crippen LogP contribution in [0.3, 0.4) is 0 Å². The molecule has 2 heterocycles. The fourth-order valence-corrected chi connectivity index (χ4v) is 2.01. The molecule has 6 heteroatoms. The zero-order valence-corrected chi connectivity index (χ0v) is 10.3. The van der Waals surface area contributed by atoms with E-state index in [1.54, 1.807) is 17.7 Å². The van der Waals surface area contributed by atoms with Gasteiger partial charge in [0.2, 0.25) is 0 Å². The van der Waals surface area contributed by atoms with Crippen molar-refractivity contribution >= 4 is 17.0 Å². The largest absolute Gasteiger partial charge is 0.478 e. The van der Waals surface area contributed by atoms with Crippen molar-refractivity contribution in [2.75, 3.05) is 6.61 Å². The Morgan fingerprint density at radius 3 is 2.78 bits per heavy atom. The summed E-state index contributed by atoms with van der Waals surface area (Å²) in [5.41, 5.74) is 2.07. The Balaban J connectivity index is 2.79. The number of carbonyl (C=O) groups is 1. The van der Waals surface area contributed by atoms with Gasteiger partial charge in [0.25, 0.3) is 0 Å². The summed E-state index contributed by atoms with van der Waals surface area (Å²) < 4.78 is 1.55. The Morgan fingerprint density at radius 1 is 1.50 bits per heavy atom. The lowest BCUT2D eigenvalue weighted by atomic mass is 10.1. The predicted molar refractivity (Wildman–Crippen MR) is 65.7 cm³/mol. The summed E-state index contributed by atoms with van der Waals surface area (Å²) >= 11 is 0. The maximum Gasteiger partial charge on any atom is 0.336 e. The first-order valence-corrected chi connectivity index (χ1v) is 5.79. The predicted octanol–water partition coefficient (Wildman–Crippen LogP) is 0.993. The number of aliphatic hydroxyl groups is 1. The van der Waals surface area contributed by atoms with E-state index < -0.39 is 5.97 Å². The third kappa shape index (κ3) is 1.95. The molecular weight excluding hydrogens is 234 g/mol. The highest BCUT2D eigenvalue weighted by Gasteiger charge is 2.18. The summed E-state index contributed by atoms with van der Waals surface area (Å²) in [7, 11) is 0. The number of aromatic nitrogens is 3. The fraction of sp³-hybridized carbons (Fsp3) is 0.417. The molecule has 0 amide bonds. The summed E-state index contributed by atoms with van der Waals surface area (Å²) in [6.07, 6.45) is 0.652. The molecule has 18 heavy (non-hydrogen) atoms. The molecule has 0 radical (unpaired) electrons. The van der Waals surface area contributed by atoms with E-state index in [4.69, 9.17) is 5.11 Å². The smallest absolute Gasteiger partial charge is 0.336 e. The van der Waals surface area contributed by atoms with Crippen molar-refractivity contribution in [1.29, 1.82) is 0 Å². The summed E-state index contributed by atoms with van der Waals surface area (Å²) in [5.74, 6) is -0.983. The zero-order chi connectivity index (χ0) is 13.3. The minimum Gasteiger partial charge on any atom is -0.478 e. The molecule has 0 bridgehead atoms. The first-order chi connectivity index (χ1) is 8.58. The SMILES string of the molecule is CCc1cc(C(=O)O)c2c(C)nn(CCO)c2n1. The van der Waals surface area contributed by atoms with Crippen molar-refractivity contribution in [3.63, 3.8) is 0 Å². The number of hydrogen-bond donors (Lipinski definition) is 2. The van der Waals surface area contributed by atoms with Gasteiger partial charge < -0.3 is 10.2 Å². The third-order valence-electron chi connectivity index (χ3n) is 2.83. The Hall–Kier alpha value is -1.95. The maximum atomic E-state index is 11.3. The van der Waals surface area contributed by atoms with Crippen LogP contribution in [0.4, 0.5) is 0 Å². The summed E-state index contributed by atoms with van der Waals surface area (Å²) in [5, 5.41) is 23.0. The van der Waals surface area contributed by atoms with E-state index in [-0.39, 0.29) is 12.2 Å². The monoisotopic (exact) mass is 249 g/mol. The first-order valence-electron chi connectivity index (χ1n) is 5.79. The van der Waals surface area contributed by atoms with Crippen LogP contribution in [0.5, 0.6) is 0 Å². The van der Waals surface area contributed by atoms with E-state index in [1.807, 2.05) is 6.92 Å². The molecule has 2 aromatic heterocycles. The molecule has 0 aliphatic rings. The van der Waals surface area contributed by atoms with Gasteiger partial charge in [0, 0.05) is 5.69 Å². The van der Waals surface area contributed by atoms with Crippen LogP contribution in [0.15, 0.2) is 6.07 Å². The number of nitrogens with zero attached hydrogens (tertiary/aromatic N) is 3. The zero-order valence-electron chi connectivity index (χ0n) is 10.3. The van der Waals surface area contributed by atoms with Crippen LogP contribution in [-0.4, -0.2) is 37.6 Å². The lowest BCUT2D eigenvalue weighted by molar-refractivity contribution is 0.0698. The maximum absolute atomic E-state index is 11.3. The molecule has 0 aliphatic heterocycles. The van der Waals surface area contributed by atoms with Crippen LogP contribution in [-0.2, 0) is 13.0 Å². The quantitative estimate of drug-likeness (QED) is 0.843. The van der Waals surface area contributed by atoms with Crippen molar-refractivity contribution in [1.82, 2.24) is 14.8 Å². The second-order valence-corrected chi connectivity index (χ2v) is 4.05. The van der Waals surface area contributed by atoms with Gasteiger partial charge in [-0.1, -0.05) is 6.92 Å². The average molecular weight is 249 g/mol. The molecule has 2 rings (SSSR count). The Morgan fingerprint density at radius 2 is 2.22 bits per heavy atom. The van der Waals surface area contributed by atoms with E-state index in [2.05, 4.69) is 10.1 Å². The standard InChI is InChI=1S/C12H15N3O3/c1-3-8-6-9(12(17)18)10-7(2)14-15(4-5-16)11(10)13-8/h6,16H,3-5H2,1-2H3,(H,17,18). The first kappa shape index (κ1) is 12.5. The molecule has 0 aromatic carbocycles. The van der Waals surface area contributed by atoms with Crippen molar-refractivity contribution in [2.24, 2.45) is 0 Å². The van der Waals surface area contributed by atoms with Crippen molar-refractivity contribution in [3.8, 4) is 0 Å². The number of rotatable bonds is 4. The summed E-state index contributed by atoms with van der Waals surface area (Å²) in [6, 6.07) is 1.59. The summed E-state index contributed by atoms with van der Waals surface area (Å²) in [4.78, 5) is 15.7.